The van der Waals surface area contributed by atoms with Crippen molar-refractivity contribution >= 4 is 23.4 Å². The molecule has 132 valence electrons. The molecule has 3 aromatic rings. The predicted molar refractivity (Wildman–Crippen MR) is 97.2 cm³/mol. The Labute approximate surface area is 155 Å². The van der Waals surface area contributed by atoms with Crippen molar-refractivity contribution in [2.45, 2.75) is 37.8 Å². The zero-order chi connectivity index (χ0) is 17.8. The first-order valence-electron chi connectivity index (χ1n) is 7.95. The Morgan fingerprint density at radius 2 is 2.24 bits per heavy atom. The molecule has 1 atom stereocenters. The second-order valence-electron chi connectivity index (χ2n) is 5.40. The van der Waals surface area contributed by atoms with Gasteiger partial charge in [-0.1, -0.05) is 34.6 Å². The van der Waals surface area contributed by atoms with Gasteiger partial charge in [0.05, 0.1) is 11.4 Å². The highest BCUT2D eigenvalue weighted by Gasteiger charge is 2.15. The molecule has 6 nitrogen and oxygen atoms in total. The highest BCUT2D eigenvalue weighted by atomic mass is 35.5. The van der Waals surface area contributed by atoms with Crippen molar-refractivity contribution in [2.75, 3.05) is 6.61 Å². The largest absolute Gasteiger partial charge is 0.371 e. The highest BCUT2D eigenvalue weighted by molar-refractivity contribution is 7.98. The van der Waals surface area contributed by atoms with Crippen molar-refractivity contribution in [2.24, 2.45) is 0 Å². The minimum absolute atomic E-state index is 0.177. The zero-order valence-electron chi connectivity index (χ0n) is 14.3. The van der Waals surface area contributed by atoms with Crippen LogP contribution in [0.3, 0.4) is 0 Å². The van der Waals surface area contributed by atoms with E-state index >= 15 is 0 Å². The SMILES string of the molecule is CCOC(C)c1noc(CSc2nccn2-c2cccc(Cl)c2C)n1. The monoisotopic (exact) mass is 378 g/mol. The third kappa shape index (κ3) is 4.05. The quantitative estimate of drug-likeness (QED) is 0.559. The standard InChI is InChI=1S/C17H19ClN4O2S/c1-4-23-12(3)16-20-15(24-21-16)10-25-17-19-8-9-22(17)14-7-5-6-13(18)11(14)2/h5-9,12H,4,10H2,1-3H3. The lowest BCUT2D eigenvalue weighted by molar-refractivity contribution is 0.0683. The fourth-order valence-electron chi connectivity index (χ4n) is 2.38. The molecule has 0 saturated heterocycles. The molecule has 0 spiro atoms. The number of aromatic nitrogens is 4. The van der Waals surface area contributed by atoms with E-state index in [-0.39, 0.29) is 6.10 Å². The van der Waals surface area contributed by atoms with Gasteiger partial charge in [0.25, 0.3) is 0 Å². The number of rotatable bonds is 7. The normalized spacial score (nSPS) is 12.5. The fraction of sp³-hybridized carbons (Fsp3) is 0.353. The van der Waals surface area contributed by atoms with Gasteiger partial charge >= 0.3 is 0 Å². The number of ether oxygens (including phenoxy) is 1. The Hall–Kier alpha value is -1.83. The van der Waals surface area contributed by atoms with Crippen LogP contribution in [-0.4, -0.2) is 26.3 Å². The summed E-state index contributed by atoms with van der Waals surface area (Å²) in [5.41, 5.74) is 2.01. The number of imidazole rings is 1. The van der Waals surface area contributed by atoms with E-state index in [2.05, 4.69) is 15.1 Å². The Bertz CT molecular complexity index is 849. The molecule has 1 aromatic carbocycles. The second-order valence-corrected chi connectivity index (χ2v) is 6.75. The van der Waals surface area contributed by atoms with E-state index in [0.717, 1.165) is 21.4 Å². The Balaban J connectivity index is 1.73. The van der Waals surface area contributed by atoms with Crippen molar-refractivity contribution in [1.29, 1.82) is 0 Å². The number of nitrogens with zero attached hydrogens (tertiary/aromatic N) is 4. The topological polar surface area (TPSA) is 66.0 Å². The number of benzene rings is 1. The molecule has 0 bridgehead atoms. The summed E-state index contributed by atoms with van der Waals surface area (Å²) in [6.45, 7) is 6.44. The first kappa shape index (κ1) is 18.0. The van der Waals surface area contributed by atoms with Gasteiger partial charge in [0.15, 0.2) is 11.0 Å². The summed E-state index contributed by atoms with van der Waals surface area (Å²) in [4.78, 5) is 8.80. The molecule has 25 heavy (non-hydrogen) atoms. The highest BCUT2D eigenvalue weighted by Crippen LogP contribution is 2.28. The Morgan fingerprint density at radius 3 is 3.04 bits per heavy atom. The zero-order valence-corrected chi connectivity index (χ0v) is 15.8. The van der Waals surface area contributed by atoms with Crippen molar-refractivity contribution in [3.8, 4) is 5.69 Å². The van der Waals surface area contributed by atoms with E-state index < -0.39 is 0 Å². The predicted octanol–water partition coefficient (Wildman–Crippen LogP) is 4.61. The Morgan fingerprint density at radius 1 is 1.40 bits per heavy atom. The van der Waals surface area contributed by atoms with E-state index in [9.17, 15) is 0 Å². The van der Waals surface area contributed by atoms with Gasteiger partial charge in [-0.15, -0.1) is 0 Å². The molecule has 3 rings (SSSR count). The van der Waals surface area contributed by atoms with Crippen LogP contribution in [0.15, 0.2) is 40.3 Å². The molecule has 0 amide bonds. The molecule has 0 aliphatic heterocycles. The minimum Gasteiger partial charge on any atom is -0.371 e. The lowest BCUT2D eigenvalue weighted by Crippen LogP contribution is -2.01. The van der Waals surface area contributed by atoms with E-state index in [1.54, 1.807) is 6.20 Å². The molecule has 8 heteroatoms. The second kappa shape index (κ2) is 8.03. The maximum atomic E-state index is 6.23. The molecule has 1 unspecified atom stereocenters. The van der Waals surface area contributed by atoms with E-state index in [1.165, 1.54) is 11.8 Å². The minimum atomic E-state index is -0.177. The van der Waals surface area contributed by atoms with Crippen LogP contribution in [0.1, 0.15) is 37.2 Å². The maximum Gasteiger partial charge on any atom is 0.237 e. The van der Waals surface area contributed by atoms with Crippen molar-refractivity contribution in [3.63, 3.8) is 0 Å². The average molecular weight is 379 g/mol. The van der Waals surface area contributed by atoms with Crippen LogP contribution in [0.25, 0.3) is 5.69 Å². The van der Waals surface area contributed by atoms with Gasteiger partial charge in [0.2, 0.25) is 5.89 Å². The summed E-state index contributed by atoms with van der Waals surface area (Å²) in [6.07, 6.45) is 3.50. The van der Waals surface area contributed by atoms with Gasteiger partial charge in [-0.3, -0.25) is 4.57 Å². The van der Waals surface area contributed by atoms with Gasteiger partial charge in [0, 0.05) is 24.0 Å². The van der Waals surface area contributed by atoms with Crippen LogP contribution in [0, 0.1) is 6.92 Å². The molecule has 0 aliphatic carbocycles. The number of hydrogen-bond donors (Lipinski definition) is 0. The van der Waals surface area contributed by atoms with Gasteiger partial charge in [-0.05, 0) is 38.5 Å². The Kier molecular flexibility index (Phi) is 5.78. The van der Waals surface area contributed by atoms with Crippen LogP contribution < -0.4 is 0 Å². The summed E-state index contributed by atoms with van der Waals surface area (Å²) in [6, 6.07) is 5.82. The first-order chi connectivity index (χ1) is 12.1. The van der Waals surface area contributed by atoms with Crippen molar-refractivity contribution in [3.05, 3.63) is 52.9 Å². The number of halogens is 1. The number of hydrogen-bond acceptors (Lipinski definition) is 6. The molecular weight excluding hydrogens is 360 g/mol. The molecule has 0 radical (unpaired) electrons. The summed E-state index contributed by atoms with van der Waals surface area (Å²) in [5, 5.41) is 5.54. The smallest absolute Gasteiger partial charge is 0.237 e. The summed E-state index contributed by atoms with van der Waals surface area (Å²) >= 11 is 7.75. The lowest BCUT2D eigenvalue weighted by atomic mass is 10.2. The summed E-state index contributed by atoms with van der Waals surface area (Å²) < 4.78 is 12.8. The van der Waals surface area contributed by atoms with E-state index in [1.807, 2.05) is 49.7 Å². The van der Waals surface area contributed by atoms with Crippen molar-refractivity contribution in [1.82, 2.24) is 19.7 Å². The maximum absolute atomic E-state index is 6.23. The van der Waals surface area contributed by atoms with E-state index in [0.29, 0.717) is 24.1 Å². The first-order valence-corrected chi connectivity index (χ1v) is 9.32. The fourth-order valence-corrected chi connectivity index (χ4v) is 3.35. The van der Waals surface area contributed by atoms with Gasteiger partial charge in [0.1, 0.15) is 6.10 Å². The molecule has 0 saturated carbocycles. The van der Waals surface area contributed by atoms with Crippen molar-refractivity contribution < 1.29 is 9.26 Å². The average Bonchev–Trinajstić information content (AvgIpc) is 3.25. The van der Waals surface area contributed by atoms with E-state index in [4.69, 9.17) is 20.9 Å². The molecule has 2 aromatic heterocycles. The molecule has 0 fully saturated rings. The number of thioether (sulfide) groups is 1. The van der Waals surface area contributed by atoms with Gasteiger partial charge in [-0.25, -0.2) is 4.98 Å². The third-order valence-corrected chi connectivity index (χ3v) is 5.06. The molecular formula is C17H19ClN4O2S. The van der Waals surface area contributed by atoms with Gasteiger partial charge < -0.3 is 9.26 Å². The molecule has 0 aliphatic rings. The van der Waals surface area contributed by atoms with Crippen LogP contribution in [0.2, 0.25) is 5.02 Å². The molecule has 0 N–H and O–H groups in total. The van der Waals surface area contributed by atoms with Gasteiger partial charge in [-0.2, -0.15) is 4.98 Å². The lowest BCUT2D eigenvalue weighted by Gasteiger charge is -2.10. The summed E-state index contributed by atoms with van der Waals surface area (Å²) in [7, 11) is 0. The third-order valence-electron chi connectivity index (χ3n) is 3.69. The summed E-state index contributed by atoms with van der Waals surface area (Å²) in [5.74, 6) is 1.64. The van der Waals surface area contributed by atoms with Crippen LogP contribution in [0.4, 0.5) is 0 Å². The van der Waals surface area contributed by atoms with Crippen LogP contribution >= 0.6 is 23.4 Å². The molecule has 2 heterocycles. The van der Waals surface area contributed by atoms with Crippen LogP contribution in [0.5, 0.6) is 0 Å². The van der Waals surface area contributed by atoms with Crippen LogP contribution in [-0.2, 0) is 10.5 Å².